The van der Waals surface area contributed by atoms with Crippen LogP contribution in [0.1, 0.15) is 19.8 Å². The van der Waals surface area contributed by atoms with Gasteiger partial charge in [0.15, 0.2) is 9.84 Å². The van der Waals surface area contributed by atoms with Crippen LogP contribution in [0.2, 0.25) is 0 Å². The lowest BCUT2D eigenvalue weighted by molar-refractivity contribution is 0.423. The third-order valence-corrected chi connectivity index (χ3v) is 5.51. The van der Waals surface area contributed by atoms with Crippen molar-refractivity contribution < 1.29 is 8.42 Å². The molecule has 0 saturated carbocycles. The van der Waals surface area contributed by atoms with Crippen molar-refractivity contribution >= 4 is 15.5 Å². The second kappa shape index (κ2) is 7.04. The van der Waals surface area contributed by atoms with Crippen LogP contribution in [0.5, 0.6) is 0 Å². The number of aromatic nitrogens is 1. The molecule has 2 rings (SSSR count). The summed E-state index contributed by atoms with van der Waals surface area (Å²) < 4.78 is 22.8. The average Bonchev–Trinajstić information content (AvgIpc) is 2.49. The molecule has 0 spiro atoms. The van der Waals surface area contributed by atoms with E-state index >= 15 is 0 Å². The smallest absolute Gasteiger partial charge is 0.151 e. The fourth-order valence-corrected chi connectivity index (χ4v) is 3.18. The minimum atomic E-state index is -2.85. The molecule has 0 radical (unpaired) electrons. The summed E-state index contributed by atoms with van der Waals surface area (Å²) in [4.78, 5) is 6.38. The number of piperidine rings is 1. The van der Waals surface area contributed by atoms with Gasteiger partial charge in [0.1, 0.15) is 0 Å². The Bertz CT molecular complexity index is 496. The molecule has 0 aliphatic carbocycles. The van der Waals surface area contributed by atoms with Crippen molar-refractivity contribution in [1.82, 2.24) is 10.3 Å². The normalized spacial score (nSPS) is 17.4. The van der Waals surface area contributed by atoms with Gasteiger partial charge in [-0.1, -0.05) is 6.92 Å². The zero-order valence-electron chi connectivity index (χ0n) is 12.0. The Morgan fingerprint density at radius 3 is 2.55 bits per heavy atom. The summed E-state index contributed by atoms with van der Waals surface area (Å²) in [6.07, 6.45) is 5.73. The maximum Gasteiger partial charge on any atom is 0.151 e. The van der Waals surface area contributed by atoms with E-state index in [9.17, 15) is 8.42 Å². The number of nitrogens with zero attached hydrogens (tertiary/aromatic N) is 2. The molecule has 1 fully saturated rings. The number of sulfone groups is 1. The van der Waals surface area contributed by atoms with E-state index in [4.69, 9.17) is 0 Å². The molecule has 0 bridgehead atoms. The van der Waals surface area contributed by atoms with Crippen LogP contribution in [-0.2, 0) is 9.84 Å². The van der Waals surface area contributed by atoms with E-state index in [1.54, 1.807) is 6.92 Å². The fraction of sp³-hybridized carbons (Fsp3) is 0.643. The Morgan fingerprint density at radius 1 is 1.30 bits per heavy atom. The lowest BCUT2D eigenvalue weighted by atomic mass is 10.0. The van der Waals surface area contributed by atoms with Gasteiger partial charge in [0.05, 0.1) is 5.75 Å². The van der Waals surface area contributed by atoms with Crippen molar-refractivity contribution in [3.05, 3.63) is 24.5 Å². The van der Waals surface area contributed by atoms with Gasteiger partial charge in [0, 0.05) is 49.5 Å². The summed E-state index contributed by atoms with van der Waals surface area (Å²) in [5, 5.41) is 3.37. The largest absolute Gasteiger partial charge is 0.371 e. The van der Waals surface area contributed by atoms with Crippen LogP contribution >= 0.6 is 0 Å². The molecule has 0 atom stereocenters. The van der Waals surface area contributed by atoms with Gasteiger partial charge in [-0.05, 0) is 25.0 Å². The van der Waals surface area contributed by atoms with Gasteiger partial charge in [-0.2, -0.15) is 0 Å². The first-order chi connectivity index (χ1) is 9.61. The van der Waals surface area contributed by atoms with Crippen LogP contribution in [0.15, 0.2) is 24.5 Å². The highest BCUT2D eigenvalue weighted by Gasteiger charge is 2.19. The molecule has 6 heteroatoms. The van der Waals surface area contributed by atoms with E-state index in [2.05, 4.69) is 15.2 Å². The number of anilines is 1. The molecular weight excluding hydrogens is 274 g/mol. The van der Waals surface area contributed by atoms with Gasteiger partial charge in [-0.15, -0.1) is 0 Å². The van der Waals surface area contributed by atoms with Gasteiger partial charge >= 0.3 is 0 Å². The third-order valence-electron chi connectivity index (χ3n) is 3.81. The number of nitrogens with one attached hydrogen (secondary N) is 1. The molecular formula is C14H23N3O2S. The highest BCUT2D eigenvalue weighted by atomic mass is 32.2. The van der Waals surface area contributed by atoms with E-state index in [0.29, 0.717) is 12.6 Å². The van der Waals surface area contributed by atoms with Gasteiger partial charge < -0.3 is 10.2 Å². The lowest BCUT2D eigenvalue weighted by Gasteiger charge is -2.34. The van der Waals surface area contributed by atoms with Crippen LogP contribution in [-0.4, -0.2) is 50.6 Å². The van der Waals surface area contributed by atoms with Crippen LogP contribution in [0.3, 0.4) is 0 Å². The standard InChI is InChI=1S/C14H23N3O2S/c1-2-20(18,19)12-9-16-13-5-10-17(11-6-13)14-3-7-15-8-4-14/h3-4,7-8,13,16H,2,5-6,9-12H2,1H3. The van der Waals surface area contributed by atoms with Crippen molar-refractivity contribution in [3.8, 4) is 0 Å². The molecule has 112 valence electrons. The van der Waals surface area contributed by atoms with Gasteiger partial charge in [-0.3, -0.25) is 4.98 Å². The summed E-state index contributed by atoms with van der Waals surface area (Å²) in [6, 6.07) is 4.49. The predicted octanol–water partition coefficient (Wildman–Crippen LogP) is 1.07. The van der Waals surface area contributed by atoms with E-state index in [-0.39, 0.29) is 11.5 Å². The molecule has 1 aliphatic heterocycles. The Morgan fingerprint density at radius 2 is 1.95 bits per heavy atom. The SMILES string of the molecule is CCS(=O)(=O)CCNC1CCN(c2ccncc2)CC1. The molecule has 1 aromatic rings. The molecule has 0 amide bonds. The molecule has 0 aromatic carbocycles. The Hall–Kier alpha value is -1.14. The van der Waals surface area contributed by atoms with E-state index < -0.39 is 9.84 Å². The first kappa shape index (κ1) is 15.3. The van der Waals surface area contributed by atoms with E-state index in [1.165, 1.54) is 5.69 Å². The molecule has 1 aliphatic rings. The second-order valence-electron chi connectivity index (χ2n) is 5.16. The number of rotatable bonds is 6. The summed E-state index contributed by atoms with van der Waals surface area (Å²) in [5.74, 6) is 0.475. The summed E-state index contributed by atoms with van der Waals surface area (Å²) in [7, 11) is -2.85. The van der Waals surface area contributed by atoms with Crippen LogP contribution in [0.25, 0.3) is 0 Å². The number of pyridine rings is 1. The van der Waals surface area contributed by atoms with E-state index in [0.717, 1.165) is 25.9 Å². The minimum absolute atomic E-state index is 0.231. The van der Waals surface area contributed by atoms with Crippen LogP contribution < -0.4 is 10.2 Å². The highest BCUT2D eigenvalue weighted by molar-refractivity contribution is 7.91. The van der Waals surface area contributed by atoms with Gasteiger partial charge in [0.2, 0.25) is 0 Å². The number of hydrogen-bond donors (Lipinski definition) is 1. The average molecular weight is 297 g/mol. The van der Waals surface area contributed by atoms with Gasteiger partial charge in [-0.25, -0.2) is 8.42 Å². The van der Waals surface area contributed by atoms with Crippen molar-refractivity contribution in [2.75, 3.05) is 36.0 Å². The maximum atomic E-state index is 11.4. The van der Waals surface area contributed by atoms with Crippen molar-refractivity contribution in [2.45, 2.75) is 25.8 Å². The highest BCUT2D eigenvalue weighted by Crippen LogP contribution is 2.18. The van der Waals surface area contributed by atoms with Crippen molar-refractivity contribution in [2.24, 2.45) is 0 Å². The molecule has 1 N–H and O–H groups in total. The second-order valence-corrected chi connectivity index (χ2v) is 7.63. The summed E-state index contributed by atoms with van der Waals surface area (Å²) in [5.41, 5.74) is 1.21. The molecule has 1 saturated heterocycles. The molecule has 1 aromatic heterocycles. The molecule has 5 nitrogen and oxygen atoms in total. The summed E-state index contributed by atoms with van der Waals surface area (Å²) >= 11 is 0. The zero-order valence-corrected chi connectivity index (χ0v) is 12.8. The first-order valence-corrected chi connectivity index (χ1v) is 9.01. The minimum Gasteiger partial charge on any atom is -0.371 e. The Kier molecular flexibility index (Phi) is 5.37. The quantitative estimate of drug-likeness (QED) is 0.851. The van der Waals surface area contributed by atoms with Crippen molar-refractivity contribution in [3.63, 3.8) is 0 Å². The summed E-state index contributed by atoms with van der Waals surface area (Å²) in [6.45, 7) is 4.27. The monoisotopic (exact) mass is 297 g/mol. The first-order valence-electron chi connectivity index (χ1n) is 7.19. The maximum absolute atomic E-state index is 11.4. The fourth-order valence-electron chi connectivity index (χ4n) is 2.46. The number of hydrogen-bond acceptors (Lipinski definition) is 5. The van der Waals surface area contributed by atoms with Crippen molar-refractivity contribution in [1.29, 1.82) is 0 Å². The van der Waals surface area contributed by atoms with Crippen LogP contribution in [0.4, 0.5) is 5.69 Å². The molecule has 2 heterocycles. The topological polar surface area (TPSA) is 62.3 Å². The Labute approximate surface area is 121 Å². The van der Waals surface area contributed by atoms with Gasteiger partial charge in [0.25, 0.3) is 0 Å². The van der Waals surface area contributed by atoms with E-state index in [1.807, 2.05) is 24.5 Å². The zero-order chi connectivity index (χ0) is 14.4. The molecule has 0 unspecified atom stereocenters. The lowest BCUT2D eigenvalue weighted by Crippen LogP contribution is -2.43. The Balaban J connectivity index is 1.72. The molecule has 20 heavy (non-hydrogen) atoms. The van der Waals surface area contributed by atoms with Crippen LogP contribution in [0, 0.1) is 0 Å². The predicted molar refractivity (Wildman–Crippen MR) is 81.8 cm³/mol. The third kappa shape index (κ3) is 4.45.